The lowest BCUT2D eigenvalue weighted by atomic mass is 9.97. The minimum atomic E-state index is -0.526. The van der Waals surface area contributed by atoms with Gasteiger partial charge in [-0.25, -0.2) is 9.78 Å². The molecule has 2 heterocycles. The second-order valence-electron chi connectivity index (χ2n) is 7.78. The first kappa shape index (κ1) is 22.6. The van der Waals surface area contributed by atoms with E-state index < -0.39 is 5.92 Å². The highest BCUT2D eigenvalue weighted by atomic mass is 32.1. The van der Waals surface area contributed by atoms with Crippen LogP contribution in [0, 0.1) is 13.8 Å². The van der Waals surface area contributed by atoms with E-state index in [2.05, 4.69) is 15.3 Å². The molecule has 0 saturated carbocycles. The van der Waals surface area contributed by atoms with Crippen LogP contribution in [0.15, 0.2) is 60.9 Å². The van der Waals surface area contributed by atoms with Gasteiger partial charge in [-0.05, 0) is 42.7 Å². The Morgan fingerprint density at radius 1 is 1.12 bits per heavy atom. The van der Waals surface area contributed by atoms with Crippen LogP contribution in [0.3, 0.4) is 0 Å². The number of hydrogen-bond donors (Lipinski definition) is 2. The van der Waals surface area contributed by atoms with Gasteiger partial charge < -0.3 is 15.8 Å². The predicted octanol–water partition coefficient (Wildman–Crippen LogP) is 4.35. The van der Waals surface area contributed by atoms with Crippen molar-refractivity contribution < 1.29 is 14.3 Å². The summed E-state index contributed by atoms with van der Waals surface area (Å²) in [5.41, 5.74) is 10.8. The van der Waals surface area contributed by atoms with Crippen molar-refractivity contribution in [3.8, 4) is 0 Å². The number of aromatic nitrogens is 2. The van der Waals surface area contributed by atoms with Crippen molar-refractivity contribution in [3.63, 3.8) is 0 Å². The number of carbonyl (C=O) groups is 2. The van der Waals surface area contributed by atoms with Crippen LogP contribution in [0.2, 0.25) is 0 Å². The fourth-order valence-corrected chi connectivity index (χ4v) is 4.37. The number of aryl methyl sites for hydroxylation is 2. The van der Waals surface area contributed by atoms with E-state index in [-0.39, 0.29) is 25.0 Å². The molecular formula is C25H24N4O3S. The molecule has 7 nitrogen and oxygen atoms in total. The maximum atomic E-state index is 12.8. The van der Waals surface area contributed by atoms with Gasteiger partial charge in [0.05, 0.1) is 21.7 Å². The Bertz CT molecular complexity index is 1270. The molecule has 8 heteroatoms. The Balaban J connectivity index is 1.39. The monoisotopic (exact) mass is 460 g/mol. The highest BCUT2D eigenvalue weighted by Crippen LogP contribution is 2.26. The van der Waals surface area contributed by atoms with Crippen LogP contribution in [-0.4, -0.2) is 28.4 Å². The maximum absolute atomic E-state index is 12.8. The van der Waals surface area contributed by atoms with E-state index in [9.17, 15) is 9.59 Å². The van der Waals surface area contributed by atoms with Crippen molar-refractivity contribution in [2.24, 2.45) is 5.73 Å². The third-order valence-corrected chi connectivity index (χ3v) is 6.25. The number of carbonyl (C=O) groups excluding carboxylic acids is 2. The largest absolute Gasteiger partial charge is 0.457 e. The first-order chi connectivity index (χ1) is 15.9. The molecule has 0 aliphatic heterocycles. The molecule has 4 rings (SSSR count). The van der Waals surface area contributed by atoms with Crippen LogP contribution in [-0.2, 0) is 16.1 Å². The SMILES string of the molecule is Cc1ccc(C(=O)OCc2ccc(C(CN)C(=O)Nc3nc4ccncc4s3)cc2)c(C)c1. The molecule has 2 aromatic heterocycles. The number of pyridine rings is 1. The van der Waals surface area contributed by atoms with Gasteiger partial charge in [0.25, 0.3) is 0 Å². The Morgan fingerprint density at radius 2 is 1.91 bits per heavy atom. The van der Waals surface area contributed by atoms with Crippen molar-refractivity contribution in [2.45, 2.75) is 26.4 Å². The normalized spacial score (nSPS) is 11.8. The smallest absolute Gasteiger partial charge is 0.338 e. The van der Waals surface area contributed by atoms with Crippen molar-refractivity contribution >= 4 is 38.6 Å². The van der Waals surface area contributed by atoms with Gasteiger partial charge in [-0.1, -0.05) is 53.3 Å². The molecule has 0 saturated heterocycles. The minimum absolute atomic E-state index is 0.145. The number of fused-ring (bicyclic) bond motifs is 1. The van der Waals surface area contributed by atoms with Crippen LogP contribution in [0.25, 0.3) is 10.2 Å². The van der Waals surface area contributed by atoms with Gasteiger partial charge in [-0.15, -0.1) is 0 Å². The number of nitrogens with zero attached hydrogens (tertiary/aromatic N) is 2. The molecule has 1 unspecified atom stereocenters. The minimum Gasteiger partial charge on any atom is -0.457 e. The van der Waals surface area contributed by atoms with Crippen molar-refractivity contribution in [1.82, 2.24) is 9.97 Å². The zero-order valence-corrected chi connectivity index (χ0v) is 19.2. The molecule has 1 amide bonds. The Hall–Kier alpha value is -3.62. The van der Waals surface area contributed by atoms with Gasteiger partial charge in [-0.2, -0.15) is 0 Å². The molecule has 0 fully saturated rings. The summed E-state index contributed by atoms with van der Waals surface area (Å²) in [6.45, 7) is 4.17. The van der Waals surface area contributed by atoms with E-state index in [0.29, 0.717) is 10.7 Å². The third-order valence-electron chi connectivity index (χ3n) is 5.33. The van der Waals surface area contributed by atoms with Crippen LogP contribution in [0.1, 0.15) is 38.5 Å². The van der Waals surface area contributed by atoms with Gasteiger partial charge in [0.1, 0.15) is 6.61 Å². The van der Waals surface area contributed by atoms with Crippen molar-refractivity contribution in [1.29, 1.82) is 0 Å². The summed E-state index contributed by atoms with van der Waals surface area (Å²) in [4.78, 5) is 33.7. The first-order valence-corrected chi connectivity index (χ1v) is 11.3. The van der Waals surface area contributed by atoms with Crippen LogP contribution >= 0.6 is 11.3 Å². The number of hydrogen-bond acceptors (Lipinski definition) is 7. The van der Waals surface area contributed by atoms with Gasteiger partial charge in [0.15, 0.2) is 5.13 Å². The number of amides is 1. The number of nitrogens with one attached hydrogen (secondary N) is 1. The first-order valence-electron chi connectivity index (χ1n) is 10.5. The number of ether oxygens (including phenoxy) is 1. The number of rotatable bonds is 7. The summed E-state index contributed by atoms with van der Waals surface area (Å²) in [7, 11) is 0. The summed E-state index contributed by atoms with van der Waals surface area (Å²) < 4.78 is 6.36. The molecule has 2 aromatic carbocycles. The fourth-order valence-electron chi connectivity index (χ4n) is 3.54. The Kier molecular flexibility index (Phi) is 6.76. The van der Waals surface area contributed by atoms with Crippen LogP contribution in [0.5, 0.6) is 0 Å². The third kappa shape index (κ3) is 5.24. The molecule has 1 atom stereocenters. The lowest BCUT2D eigenvalue weighted by Gasteiger charge is -2.15. The van der Waals surface area contributed by atoms with Gasteiger partial charge >= 0.3 is 5.97 Å². The molecule has 168 valence electrons. The molecule has 0 aliphatic rings. The summed E-state index contributed by atoms with van der Waals surface area (Å²) in [6.07, 6.45) is 3.38. The number of anilines is 1. The topological polar surface area (TPSA) is 107 Å². The van der Waals surface area contributed by atoms with E-state index in [0.717, 1.165) is 32.5 Å². The average Bonchev–Trinajstić information content (AvgIpc) is 3.21. The van der Waals surface area contributed by atoms with E-state index in [4.69, 9.17) is 10.5 Å². The summed E-state index contributed by atoms with van der Waals surface area (Å²) in [5, 5.41) is 3.36. The zero-order valence-electron chi connectivity index (χ0n) is 18.4. The van der Waals surface area contributed by atoms with E-state index in [1.165, 1.54) is 11.3 Å². The number of nitrogens with two attached hydrogens (primary N) is 1. The van der Waals surface area contributed by atoms with Gasteiger partial charge in [-0.3, -0.25) is 9.78 Å². The van der Waals surface area contributed by atoms with Crippen molar-refractivity contribution in [3.05, 3.63) is 88.7 Å². The van der Waals surface area contributed by atoms with Gasteiger partial charge in [0.2, 0.25) is 5.91 Å². The quantitative estimate of drug-likeness (QED) is 0.397. The average molecular weight is 461 g/mol. The van der Waals surface area contributed by atoms with Crippen molar-refractivity contribution in [2.75, 3.05) is 11.9 Å². The standard InChI is InChI=1S/C25H24N4O3S/c1-15-3-8-19(16(2)11-15)24(31)32-14-17-4-6-18(7-5-17)20(12-26)23(30)29-25-28-21-9-10-27-13-22(21)33-25/h3-11,13,20H,12,14,26H2,1-2H3,(H,28,29,30). The maximum Gasteiger partial charge on any atom is 0.338 e. The predicted molar refractivity (Wildman–Crippen MR) is 129 cm³/mol. The Labute approximate surface area is 195 Å². The zero-order chi connectivity index (χ0) is 23.4. The number of benzene rings is 2. The lowest BCUT2D eigenvalue weighted by Crippen LogP contribution is -2.27. The molecule has 0 spiro atoms. The molecule has 33 heavy (non-hydrogen) atoms. The number of esters is 1. The second kappa shape index (κ2) is 9.89. The summed E-state index contributed by atoms with van der Waals surface area (Å²) >= 11 is 1.37. The second-order valence-corrected chi connectivity index (χ2v) is 8.81. The van der Waals surface area contributed by atoms with Crippen LogP contribution < -0.4 is 11.1 Å². The Morgan fingerprint density at radius 3 is 2.61 bits per heavy atom. The fraction of sp³-hybridized carbons (Fsp3) is 0.200. The number of thiazole rings is 1. The molecular weight excluding hydrogens is 436 g/mol. The molecule has 3 N–H and O–H groups in total. The van der Waals surface area contributed by atoms with Gasteiger partial charge in [0, 0.05) is 18.9 Å². The molecule has 0 bridgehead atoms. The molecule has 0 radical (unpaired) electrons. The highest BCUT2D eigenvalue weighted by molar-refractivity contribution is 7.22. The van der Waals surface area contributed by atoms with E-state index in [1.807, 2.05) is 50.2 Å². The van der Waals surface area contributed by atoms with Crippen LogP contribution in [0.4, 0.5) is 5.13 Å². The highest BCUT2D eigenvalue weighted by Gasteiger charge is 2.21. The van der Waals surface area contributed by atoms with E-state index >= 15 is 0 Å². The summed E-state index contributed by atoms with van der Waals surface area (Å²) in [5.74, 6) is -1.11. The molecule has 4 aromatic rings. The lowest BCUT2D eigenvalue weighted by molar-refractivity contribution is -0.117. The summed E-state index contributed by atoms with van der Waals surface area (Å²) in [6, 6.07) is 14.8. The molecule has 0 aliphatic carbocycles. The van der Waals surface area contributed by atoms with E-state index in [1.54, 1.807) is 24.5 Å².